The first-order valence-corrected chi connectivity index (χ1v) is 9.77. The summed E-state index contributed by atoms with van der Waals surface area (Å²) in [6, 6.07) is 7.54. The van der Waals surface area contributed by atoms with Gasteiger partial charge in [0.2, 0.25) is 5.91 Å². The van der Waals surface area contributed by atoms with Crippen molar-refractivity contribution in [3.8, 4) is 0 Å². The van der Waals surface area contributed by atoms with Crippen LogP contribution < -0.4 is 10.2 Å². The highest BCUT2D eigenvalue weighted by molar-refractivity contribution is 9.10. The van der Waals surface area contributed by atoms with E-state index in [4.69, 9.17) is 0 Å². The van der Waals surface area contributed by atoms with Crippen molar-refractivity contribution in [1.29, 1.82) is 0 Å². The molecule has 2 aromatic rings. The lowest BCUT2D eigenvalue weighted by molar-refractivity contribution is -0.122. The first kappa shape index (κ1) is 17.2. The molecule has 2 heterocycles. The molecular formula is C20H20BrN3O2. The van der Waals surface area contributed by atoms with Gasteiger partial charge in [-0.15, -0.1) is 0 Å². The minimum absolute atomic E-state index is 0.159. The summed E-state index contributed by atoms with van der Waals surface area (Å²) in [7, 11) is 0. The molecule has 2 aliphatic rings. The molecule has 0 bridgehead atoms. The Labute approximate surface area is 160 Å². The molecule has 1 aliphatic heterocycles. The first-order valence-electron chi connectivity index (χ1n) is 8.98. The van der Waals surface area contributed by atoms with Crippen molar-refractivity contribution in [2.45, 2.75) is 32.1 Å². The Morgan fingerprint density at radius 1 is 1.15 bits per heavy atom. The third kappa shape index (κ3) is 3.38. The van der Waals surface area contributed by atoms with Gasteiger partial charge in [-0.2, -0.15) is 0 Å². The number of carbonyl (C=O) groups excluding carboxylic acids is 2. The Morgan fingerprint density at radius 3 is 2.73 bits per heavy atom. The van der Waals surface area contributed by atoms with Gasteiger partial charge in [-0.25, -0.2) is 0 Å². The maximum atomic E-state index is 12.8. The van der Waals surface area contributed by atoms with Gasteiger partial charge in [0.15, 0.2) is 0 Å². The van der Waals surface area contributed by atoms with Crippen LogP contribution in [0.1, 0.15) is 41.6 Å². The summed E-state index contributed by atoms with van der Waals surface area (Å²) in [6.45, 7) is 0.734. The van der Waals surface area contributed by atoms with Gasteiger partial charge in [0.25, 0.3) is 5.91 Å². The predicted octanol–water partition coefficient (Wildman–Crippen LogP) is 4.18. The second kappa shape index (κ2) is 7.19. The smallest absolute Gasteiger partial charge is 0.257 e. The van der Waals surface area contributed by atoms with Crippen molar-refractivity contribution < 1.29 is 9.59 Å². The second-order valence-corrected chi connectivity index (χ2v) is 7.83. The molecule has 1 fully saturated rings. The van der Waals surface area contributed by atoms with Gasteiger partial charge in [-0.3, -0.25) is 14.6 Å². The number of hydrogen-bond donors (Lipinski definition) is 1. The molecule has 1 N–H and O–H groups in total. The highest BCUT2D eigenvalue weighted by Gasteiger charge is 2.32. The quantitative estimate of drug-likeness (QED) is 0.820. The van der Waals surface area contributed by atoms with Crippen molar-refractivity contribution in [3.63, 3.8) is 0 Å². The predicted molar refractivity (Wildman–Crippen MR) is 104 cm³/mol. The molecule has 1 aromatic carbocycles. The first-order chi connectivity index (χ1) is 12.6. The summed E-state index contributed by atoms with van der Waals surface area (Å²) in [6.07, 6.45) is 8.33. The fraction of sp³-hybridized carbons (Fsp3) is 0.350. The molecule has 0 atom stereocenters. The molecule has 0 radical (unpaired) electrons. The highest BCUT2D eigenvalue weighted by atomic mass is 79.9. The molecule has 1 aliphatic carbocycles. The van der Waals surface area contributed by atoms with E-state index in [-0.39, 0.29) is 17.7 Å². The third-order valence-electron chi connectivity index (χ3n) is 5.18. The lowest BCUT2D eigenvalue weighted by Crippen LogP contribution is -2.33. The van der Waals surface area contributed by atoms with Crippen LogP contribution in [0.3, 0.4) is 0 Å². The SMILES string of the molecule is O=C(Nc1ccc2c(c1)N(C(=O)C1CCCC1)CC2)c1cncc(Br)c1. The number of rotatable bonds is 3. The number of amides is 2. The van der Waals surface area contributed by atoms with E-state index in [1.165, 1.54) is 11.8 Å². The monoisotopic (exact) mass is 413 g/mol. The molecule has 6 heteroatoms. The third-order valence-corrected chi connectivity index (χ3v) is 5.61. The highest BCUT2D eigenvalue weighted by Crippen LogP contribution is 2.35. The summed E-state index contributed by atoms with van der Waals surface area (Å²) in [4.78, 5) is 31.2. The van der Waals surface area contributed by atoms with Crippen LogP contribution in [0, 0.1) is 5.92 Å². The number of nitrogens with zero attached hydrogens (tertiary/aromatic N) is 2. The Kier molecular flexibility index (Phi) is 4.76. The van der Waals surface area contributed by atoms with Crippen LogP contribution >= 0.6 is 15.9 Å². The fourth-order valence-electron chi connectivity index (χ4n) is 3.82. The number of nitrogens with one attached hydrogen (secondary N) is 1. The maximum Gasteiger partial charge on any atom is 0.257 e. The van der Waals surface area contributed by atoms with Crippen molar-refractivity contribution in [1.82, 2.24) is 4.98 Å². The van der Waals surface area contributed by atoms with E-state index < -0.39 is 0 Å². The van der Waals surface area contributed by atoms with Crippen molar-refractivity contribution in [3.05, 3.63) is 52.3 Å². The average molecular weight is 414 g/mol. The molecule has 2 amide bonds. The summed E-state index contributed by atoms with van der Waals surface area (Å²) in [5.41, 5.74) is 3.28. The van der Waals surface area contributed by atoms with Gasteiger partial charge >= 0.3 is 0 Å². The van der Waals surface area contributed by atoms with Gasteiger partial charge in [0.05, 0.1) is 5.56 Å². The molecule has 0 spiro atoms. The van der Waals surface area contributed by atoms with E-state index in [9.17, 15) is 9.59 Å². The fourth-order valence-corrected chi connectivity index (χ4v) is 4.18. The Hall–Kier alpha value is -2.21. The van der Waals surface area contributed by atoms with Gasteiger partial charge in [-0.1, -0.05) is 18.9 Å². The molecule has 134 valence electrons. The van der Waals surface area contributed by atoms with E-state index in [0.29, 0.717) is 11.3 Å². The standard InChI is InChI=1S/C20H20BrN3O2/c21-16-9-15(11-22-12-16)19(25)23-17-6-5-13-7-8-24(18(13)10-17)20(26)14-3-1-2-4-14/h5-6,9-12,14H,1-4,7-8H2,(H,23,25). The molecule has 4 rings (SSSR count). The second-order valence-electron chi connectivity index (χ2n) is 6.91. The number of carbonyl (C=O) groups is 2. The summed E-state index contributed by atoms with van der Waals surface area (Å²) in [5, 5.41) is 2.91. The van der Waals surface area contributed by atoms with Crippen molar-refractivity contribution in [2.24, 2.45) is 5.92 Å². The van der Waals surface area contributed by atoms with E-state index in [0.717, 1.165) is 48.8 Å². The number of anilines is 2. The molecular weight excluding hydrogens is 394 g/mol. The van der Waals surface area contributed by atoms with Crippen LogP contribution in [0.15, 0.2) is 41.1 Å². The molecule has 1 saturated carbocycles. The van der Waals surface area contributed by atoms with Crippen LogP contribution in [-0.4, -0.2) is 23.3 Å². The number of pyridine rings is 1. The van der Waals surface area contributed by atoms with E-state index in [1.54, 1.807) is 12.3 Å². The molecule has 26 heavy (non-hydrogen) atoms. The zero-order chi connectivity index (χ0) is 18.1. The summed E-state index contributed by atoms with van der Waals surface area (Å²) < 4.78 is 0.757. The lowest BCUT2D eigenvalue weighted by atomic mass is 10.1. The number of benzene rings is 1. The molecule has 1 aromatic heterocycles. The Balaban J connectivity index is 1.54. The van der Waals surface area contributed by atoms with E-state index in [1.807, 2.05) is 23.1 Å². The van der Waals surface area contributed by atoms with Crippen LogP contribution in [0.4, 0.5) is 11.4 Å². The number of fused-ring (bicyclic) bond motifs is 1. The topological polar surface area (TPSA) is 62.3 Å². The Bertz CT molecular complexity index is 862. The minimum atomic E-state index is -0.217. The van der Waals surface area contributed by atoms with Crippen LogP contribution in [0.25, 0.3) is 0 Å². The van der Waals surface area contributed by atoms with Gasteiger partial charge in [-0.05, 0) is 59.0 Å². The van der Waals surface area contributed by atoms with Crippen LogP contribution in [-0.2, 0) is 11.2 Å². The Morgan fingerprint density at radius 2 is 1.96 bits per heavy atom. The van der Waals surface area contributed by atoms with Gasteiger partial charge in [0, 0.05) is 40.7 Å². The zero-order valence-electron chi connectivity index (χ0n) is 14.4. The van der Waals surface area contributed by atoms with E-state index >= 15 is 0 Å². The van der Waals surface area contributed by atoms with Gasteiger partial charge in [0.1, 0.15) is 0 Å². The summed E-state index contributed by atoms with van der Waals surface area (Å²) in [5.74, 6) is 0.179. The van der Waals surface area contributed by atoms with Crippen LogP contribution in [0.5, 0.6) is 0 Å². The summed E-state index contributed by atoms with van der Waals surface area (Å²) >= 11 is 3.33. The minimum Gasteiger partial charge on any atom is -0.322 e. The zero-order valence-corrected chi connectivity index (χ0v) is 16.0. The van der Waals surface area contributed by atoms with E-state index in [2.05, 4.69) is 26.2 Å². The lowest BCUT2D eigenvalue weighted by Gasteiger charge is -2.21. The van der Waals surface area contributed by atoms with Crippen molar-refractivity contribution >= 4 is 39.1 Å². The number of hydrogen-bond acceptors (Lipinski definition) is 3. The molecule has 5 nitrogen and oxygen atoms in total. The maximum absolute atomic E-state index is 12.8. The molecule has 0 unspecified atom stereocenters. The van der Waals surface area contributed by atoms with Crippen molar-refractivity contribution in [2.75, 3.05) is 16.8 Å². The van der Waals surface area contributed by atoms with Crippen LogP contribution in [0.2, 0.25) is 0 Å². The average Bonchev–Trinajstić information content (AvgIpc) is 3.31. The molecule has 0 saturated heterocycles. The number of halogens is 1. The number of aromatic nitrogens is 1. The largest absolute Gasteiger partial charge is 0.322 e. The van der Waals surface area contributed by atoms with Gasteiger partial charge < -0.3 is 10.2 Å². The normalized spacial score (nSPS) is 16.6.